The third kappa shape index (κ3) is 5.95. The molecule has 34 heavy (non-hydrogen) atoms. The number of carbonyl (C=O) groups is 1. The molecule has 0 heterocycles. The number of nitrogens with zero attached hydrogens (tertiary/aromatic N) is 2. The van der Waals surface area contributed by atoms with Gasteiger partial charge in [0.2, 0.25) is 0 Å². The lowest BCUT2D eigenvalue weighted by Crippen LogP contribution is -2.40. The maximum atomic E-state index is 13.3. The van der Waals surface area contributed by atoms with E-state index in [1.54, 1.807) is 31.2 Å². The molecule has 0 aliphatic carbocycles. The summed E-state index contributed by atoms with van der Waals surface area (Å²) in [5, 5.41) is 3.97. The molecule has 0 fully saturated rings. The van der Waals surface area contributed by atoms with Gasteiger partial charge in [0.15, 0.2) is 0 Å². The number of anilines is 1. The lowest BCUT2D eigenvalue weighted by molar-refractivity contribution is -0.137. The fraction of sp³-hybridized carbons (Fsp3) is 0.130. The Hall–Kier alpha value is -3.37. The zero-order valence-corrected chi connectivity index (χ0v) is 19.3. The average Bonchev–Trinajstić information content (AvgIpc) is 2.78. The molecule has 1 amide bonds. The van der Waals surface area contributed by atoms with Gasteiger partial charge in [-0.2, -0.15) is 18.3 Å². The van der Waals surface area contributed by atoms with Gasteiger partial charge in [-0.05, 0) is 48.9 Å². The molecule has 0 saturated carbocycles. The predicted molar refractivity (Wildman–Crippen MR) is 124 cm³/mol. The molecular formula is C23H19ClF3N3O3S. The molecule has 0 unspecified atom stereocenters. The lowest BCUT2D eigenvalue weighted by atomic mass is 10.1. The first kappa shape index (κ1) is 25.3. The fourth-order valence-corrected chi connectivity index (χ4v) is 4.86. The number of amides is 1. The van der Waals surface area contributed by atoms with Crippen LogP contribution >= 0.6 is 11.6 Å². The largest absolute Gasteiger partial charge is 0.417 e. The maximum Gasteiger partial charge on any atom is 0.417 e. The van der Waals surface area contributed by atoms with Gasteiger partial charge in [-0.15, -0.1) is 0 Å². The van der Waals surface area contributed by atoms with E-state index in [1.807, 2.05) is 0 Å². The van der Waals surface area contributed by atoms with E-state index in [-0.39, 0.29) is 16.1 Å². The van der Waals surface area contributed by atoms with Gasteiger partial charge in [0.25, 0.3) is 15.9 Å². The van der Waals surface area contributed by atoms with Crippen LogP contribution in [0, 0.1) is 6.92 Å². The number of hydrogen-bond donors (Lipinski definition) is 1. The molecule has 178 valence electrons. The van der Waals surface area contributed by atoms with Crippen molar-refractivity contribution in [3.8, 4) is 0 Å². The number of rotatable bonds is 7. The molecule has 0 radical (unpaired) electrons. The first-order chi connectivity index (χ1) is 16.0. The van der Waals surface area contributed by atoms with Crippen molar-refractivity contribution in [2.45, 2.75) is 18.0 Å². The highest BCUT2D eigenvalue weighted by Gasteiger charge is 2.32. The number of benzene rings is 3. The maximum absolute atomic E-state index is 13.3. The normalized spacial score (nSPS) is 12.0. The molecule has 3 aromatic carbocycles. The van der Waals surface area contributed by atoms with Crippen LogP contribution < -0.4 is 9.73 Å². The first-order valence-corrected chi connectivity index (χ1v) is 11.6. The van der Waals surface area contributed by atoms with Crippen molar-refractivity contribution in [1.82, 2.24) is 5.43 Å². The summed E-state index contributed by atoms with van der Waals surface area (Å²) >= 11 is 5.98. The summed E-state index contributed by atoms with van der Waals surface area (Å²) in [4.78, 5) is 12.5. The molecule has 3 aromatic rings. The number of hydrazone groups is 1. The third-order valence-electron chi connectivity index (χ3n) is 4.71. The SMILES string of the molecule is Cc1cc(Cl)ccc1N(CC(=O)N/N=C\c1ccccc1C(F)(F)F)S(=O)(=O)c1ccccc1. The summed E-state index contributed by atoms with van der Waals surface area (Å²) in [6, 6.07) is 16.7. The molecule has 0 aliphatic rings. The number of alkyl halides is 3. The van der Waals surface area contributed by atoms with Crippen LogP contribution in [0.15, 0.2) is 82.8 Å². The van der Waals surface area contributed by atoms with Crippen molar-refractivity contribution in [3.05, 3.63) is 94.5 Å². The summed E-state index contributed by atoms with van der Waals surface area (Å²) in [6.07, 6.45) is -3.75. The van der Waals surface area contributed by atoms with Crippen molar-refractivity contribution in [2.75, 3.05) is 10.8 Å². The highest BCUT2D eigenvalue weighted by Crippen LogP contribution is 2.31. The van der Waals surface area contributed by atoms with E-state index >= 15 is 0 Å². The van der Waals surface area contributed by atoms with Gasteiger partial charge in [-0.1, -0.05) is 48.0 Å². The lowest BCUT2D eigenvalue weighted by Gasteiger charge is -2.25. The second-order valence-corrected chi connectivity index (χ2v) is 9.43. The van der Waals surface area contributed by atoms with Crippen LogP contribution in [0.25, 0.3) is 0 Å². The molecule has 0 atom stereocenters. The Labute approximate surface area is 199 Å². The van der Waals surface area contributed by atoms with E-state index < -0.39 is 34.2 Å². The van der Waals surface area contributed by atoms with Crippen LogP contribution in [0.5, 0.6) is 0 Å². The number of aryl methyl sites for hydroxylation is 1. The van der Waals surface area contributed by atoms with Gasteiger partial charge < -0.3 is 0 Å². The molecule has 0 aliphatic heterocycles. The minimum Gasteiger partial charge on any atom is -0.271 e. The predicted octanol–water partition coefficient (Wildman–Crippen LogP) is 5.01. The Morgan fingerprint density at radius 1 is 1.06 bits per heavy atom. The van der Waals surface area contributed by atoms with E-state index in [1.165, 1.54) is 42.5 Å². The Bertz CT molecular complexity index is 1310. The Morgan fingerprint density at radius 3 is 2.35 bits per heavy atom. The van der Waals surface area contributed by atoms with Crippen molar-refractivity contribution in [2.24, 2.45) is 5.10 Å². The first-order valence-electron chi connectivity index (χ1n) is 9.82. The Kier molecular flexibility index (Phi) is 7.63. The van der Waals surface area contributed by atoms with Crippen molar-refractivity contribution in [1.29, 1.82) is 0 Å². The summed E-state index contributed by atoms with van der Waals surface area (Å²) in [5.41, 5.74) is 1.64. The van der Waals surface area contributed by atoms with Crippen LogP contribution in [-0.4, -0.2) is 27.1 Å². The Balaban J connectivity index is 1.88. The standard InChI is InChI=1S/C23H19ClF3N3O3S/c1-16-13-18(24)11-12-21(16)30(34(32,33)19-8-3-2-4-9-19)15-22(31)29-28-14-17-7-5-6-10-20(17)23(25,26)27/h2-14H,15H2,1H3,(H,29,31)/b28-14-. The monoisotopic (exact) mass is 509 g/mol. The molecule has 11 heteroatoms. The molecular weight excluding hydrogens is 491 g/mol. The van der Waals surface area contributed by atoms with Crippen LogP contribution in [-0.2, 0) is 21.0 Å². The van der Waals surface area contributed by atoms with Crippen LogP contribution in [0.3, 0.4) is 0 Å². The van der Waals surface area contributed by atoms with Gasteiger partial charge in [-0.25, -0.2) is 13.8 Å². The highest BCUT2D eigenvalue weighted by atomic mass is 35.5. The van der Waals surface area contributed by atoms with Crippen LogP contribution in [0.1, 0.15) is 16.7 Å². The zero-order chi connectivity index (χ0) is 24.9. The second-order valence-electron chi connectivity index (χ2n) is 7.13. The topological polar surface area (TPSA) is 78.8 Å². The summed E-state index contributed by atoms with van der Waals surface area (Å²) < 4.78 is 66.9. The van der Waals surface area contributed by atoms with E-state index in [9.17, 15) is 26.4 Å². The molecule has 3 rings (SSSR count). The van der Waals surface area contributed by atoms with Gasteiger partial charge in [0, 0.05) is 10.6 Å². The molecule has 0 spiro atoms. The van der Waals surface area contributed by atoms with Crippen LogP contribution in [0.4, 0.5) is 18.9 Å². The number of hydrogen-bond acceptors (Lipinski definition) is 4. The molecule has 6 nitrogen and oxygen atoms in total. The zero-order valence-electron chi connectivity index (χ0n) is 17.8. The van der Waals surface area contributed by atoms with Gasteiger partial charge in [0.05, 0.1) is 22.4 Å². The Morgan fingerprint density at radius 2 is 1.71 bits per heavy atom. The van der Waals surface area contributed by atoms with Gasteiger partial charge >= 0.3 is 6.18 Å². The second kappa shape index (κ2) is 10.3. The van der Waals surface area contributed by atoms with E-state index in [0.29, 0.717) is 10.6 Å². The summed E-state index contributed by atoms with van der Waals surface area (Å²) in [7, 11) is -4.16. The quantitative estimate of drug-likeness (QED) is 0.359. The van der Waals surface area contributed by atoms with Crippen molar-refractivity contribution < 1.29 is 26.4 Å². The summed E-state index contributed by atoms with van der Waals surface area (Å²) in [6.45, 7) is 0.969. The van der Waals surface area contributed by atoms with Crippen molar-refractivity contribution >= 4 is 39.4 Å². The molecule has 0 saturated heterocycles. The smallest absolute Gasteiger partial charge is 0.271 e. The summed E-state index contributed by atoms with van der Waals surface area (Å²) in [5.74, 6) is -0.852. The average molecular weight is 510 g/mol. The number of nitrogens with one attached hydrogen (secondary N) is 1. The molecule has 1 N–H and O–H groups in total. The van der Waals surface area contributed by atoms with Gasteiger partial charge in [-0.3, -0.25) is 9.10 Å². The highest BCUT2D eigenvalue weighted by molar-refractivity contribution is 7.92. The number of halogens is 4. The number of carbonyl (C=O) groups excluding carboxylic acids is 1. The number of sulfonamides is 1. The van der Waals surface area contributed by atoms with E-state index in [4.69, 9.17) is 11.6 Å². The minimum absolute atomic E-state index is 0.0419. The van der Waals surface area contributed by atoms with Crippen LogP contribution in [0.2, 0.25) is 5.02 Å². The third-order valence-corrected chi connectivity index (χ3v) is 6.71. The fourth-order valence-electron chi connectivity index (χ4n) is 3.13. The van der Waals surface area contributed by atoms with E-state index in [2.05, 4.69) is 10.5 Å². The minimum atomic E-state index is -4.60. The molecule has 0 aromatic heterocycles. The van der Waals surface area contributed by atoms with Gasteiger partial charge in [0.1, 0.15) is 6.54 Å². The van der Waals surface area contributed by atoms with E-state index in [0.717, 1.165) is 16.6 Å². The van der Waals surface area contributed by atoms with Crippen molar-refractivity contribution in [3.63, 3.8) is 0 Å². The molecule has 0 bridgehead atoms.